The summed E-state index contributed by atoms with van der Waals surface area (Å²) >= 11 is 0. The number of hydrogen-bond donors (Lipinski definition) is 1. The first-order valence-electron chi connectivity index (χ1n) is 4.82. The van der Waals surface area contributed by atoms with Crippen LogP contribution in [0.3, 0.4) is 0 Å². The lowest BCUT2D eigenvalue weighted by molar-refractivity contribution is 0.123. The van der Waals surface area contributed by atoms with Crippen LogP contribution in [0.4, 0.5) is 0 Å². The first kappa shape index (κ1) is 11.8. The molecule has 0 saturated carbocycles. The molecule has 2 N–H and O–H groups in total. The Hall–Kier alpha value is -1.26. The maximum Gasteiger partial charge on any atom is 0.164 e. The summed E-state index contributed by atoms with van der Waals surface area (Å²) in [6, 6.07) is 3.79. The molecular weight excluding hydrogens is 194 g/mol. The molecule has 0 spiro atoms. The van der Waals surface area contributed by atoms with E-state index in [1.165, 1.54) is 0 Å². The fourth-order valence-electron chi connectivity index (χ4n) is 1.64. The summed E-state index contributed by atoms with van der Waals surface area (Å²) in [5, 5.41) is 0. The van der Waals surface area contributed by atoms with Gasteiger partial charge in [0.1, 0.15) is 0 Å². The van der Waals surface area contributed by atoms with Crippen molar-refractivity contribution in [2.45, 2.75) is 20.0 Å². The Labute approximate surface area is 89.9 Å². The van der Waals surface area contributed by atoms with Crippen molar-refractivity contribution in [1.82, 2.24) is 0 Å². The zero-order valence-electron chi connectivity index (χ0n) is 9.37. The fraction of sp³-hybridized carbons (Fsp3) is 0.455. The number of nitrogens with two attached hydrogens (primary N) is 1. The van der Waals surface area contributed by atoms with E-state index in [1.54, 1.807) is 14.2 Å². The molecule has 0 fully saturated rings. The number of rotatable bonds is 5. The lowest BCUT2D eigenvalue weighted by Crippen LogP contribution is -2.04. The van der Waals surface area contributed by atoms with Crippen LogP contribution in [0.25, 0.3) is 0 Å². The van der Waals surface area contributed by atoms with E-state index >= 15 is 0 Å². The standard InChI is InChI=1S/C11H17NO3/c1-4-9-8(7-15-12)5-6-10(13-2)11(9)14-3/h5-6H,4,7,12H2,1-3H3. The molecular formula is C11H17NO3. The van der Waals surface area contributed by atoms with Gasteiger partial charge in [-0.15, -0.1) is 0 Å². The van der Waals surface area contributed by atoms with E-state index in [0.717, 1.165) is 29.0 Å². The maximum atomic E-state index is 5.32. The van der Waals surface area contributed by atoms with E-state index in [-0.39, 0.29) is 0 Å². The largest absolute Gasteiger partial charge is 0.493 e. The third kappa shape index (κ3) is 2.40. The van der Waals surface area contributed by atoms with Gasteiger partial charge < -0.3 is 9.47 Å². The van der Waals surface area contributed by atoms with Gasteiger partial charge in [-0.3, -0.25) is 4.84 Å². The SMILES string of the molecule is CCc1c(CON)ccc(OC)c1OC. The van der Waals surface area contributed by atoms with Gasteiger partial charge in [-0.1, -0.05) is 13.0 Å². The molecule has 1 rings (SSSR count). The van der Waals surface area contributed by atoms with Crippen molar-refractivity contribution in [3.05, 3.63) is 23.3 Å². The van der Waals surface area contributed by atoms with Crippen molar-refractivity contribution in [2.24, 2.45) is 5.90 Å². The van der Waals surface area contributed by atoms with Crippen LogP contribution < -0.4 is 15.4 Å². The minimum atomic E-state index is 0.378. The van der Waals surface area contributed by atoms with Crippen molar-refractivity contribution in [1.29, 1.82) is 0 Å². The van der Waals surface area contributed by atoms with Gasteiger partial charge in [0, 0.05) is 5.56 Å². The van der Waals surface area contributed by atoms with Crippen LogP contribution >= 0.6 is 0 Å². The molecule has 0 atom stereocenters. The van der Waals surface area contributed by atoms with Crippen LogP contribution in [0.15, 0.2) is 12.1 Å². The molecule has 0 aliphatic rings. The number of ether oxygens (including phenoxy) is 2. The number of hydrogen-bond acceptors (Lipinski definition) is 4. The second-order valence-electron chi connectivity index (χ2n) is 3.10. The molecule has 0 radical (unpaired) electrons. The zero-order chi connectivity index (χ0) is 11.3. The molecule has 4 nitrogen and oxygen atoms in total. The summed E-state index contributed by atoms with van der Waals surface area (Å²) < 4.78 is 10.5. The molecule has 1 aromatic rings. The Bertz CT molecular complexity index is 326. The molecule has 1 aromatic carbocycles. The first-order valence-corrected chi connectivity index (χ1v) is 4.82. The second kappa shape index (κ2) is 5.58. The molecule has 4 heteroatoms. The Balaban J connectivity index is 3.21. The highest BCUT2D eigenvalue weighted by atomic mass is 16.6. The average molecular weight is 211 g/mol. The monoisotopic (exact) mass is 211 g/mol. The summed E-state index contributed by atoms with van der Waals surface area (Å²) in [4.78, 5) is 4.65. The molecule has 84 valence electrons. The van der Waals surface area contributed by atoms with Crippen molar-refractivity contribution in [3.8, 4) is 11.5 Å². The highest BCUT2D eigenvalue weighted by molar-refractivity contribution is 5.50. The molecule has 0 heterocycles. The van der Waals surface area contributed by atoms with Crippen LogP contribution in [-0.4, -0.2) is 14.2 Å². The highest BCUT2D eigenvalue weighted by Crippen LogP contribution is 2.33. The summed E-state index contributed by atoms with van der Waals surface area (Å²) in [6.07, 6.45) is 0.846. The minimum absolute atomic E-state index is 0.378. The van der Waals surface area contributed by atoms with Gasteiger partial charge in [0.15, 0.2) is 11.5 Å². The summed E-state index contributed by atoms with van der Waals surface area (Å²) in [5.74, 6) is 6.56. The van der Waals surface area contributed by atoms with Crippen LogP contribution in [0.1, 0.15) is 18.1 Å². The molecule has 0 unspecified atom stereocenters. The Morgan fingerprint density at radius 1 is 1.20 bits per heavy atom. The smallest absolute Gasteiger partial charge is 0.164 e. The lowest BCUT2D eigenvalue weighted by Gasteiger charge is -2.15. The third-order valence-corrected chi connectivity index (χ3v) is 2.34. The molecule has 0 aromatic heterocycles. The van der Waals surface area contributed by atoms with E-state index in [9.17, 15) is 0 Å². The van der Waals surface area contributed by atoms with Crippen LogP contribution in [0.2, 0.25) is 0 Å². The minimum Gasteiger partial charge on any atom is -0.493 e. The van der Waals surface area contributed by atoms with Crippen molar-refractivity contribution >= 4 is 0 Å². The molecule has 0 amide bonds. The normalized spacial score (nSPS) is 10.1. The molecule has 0 aliphatic carbocycles. The predicted molar refractivity (Wildman–Crippen MR) is 57.9 cm³/mol. The van der Waals surface area contributed by atoms with Gasteiger partial charge in [-0.2, -0.15) is 0 Å². The van der Waals surface area contributed by atoms with Gasteiger partial charge in [0.25, 0.3) is 0 Å². The van der Waals surface area contributed by atoms with E-state index in [0.29, 0.717) is 6.61 Å². The van der Waals surface area contributed by atoms with Gasteiger partial charge in [-0.25, -0.2) is 5.90 Å². The predicted octanol–water partition coefficient (Wildman–Crippen LogP) is 1.66. The Morgan fingerprint density at radius 3 is 2.40 bits per heavy atom. The second-order valence-corrected chi connectivity index (χ2v) is 3.10. The summed E-state index contributed by atoms with van der Waals surface area (Å²) in [5.41, 5.74) is 2.10. The van der Waals surface area contributed by atoms with E-state index < -0.39 is 0 Å². The zero-order valence-corrected chi connectivity index (χ0v) is 9.37. The van der Waals surface area contributed by atoms with E-state index in [2.05, 4.69) is 11.8 Å². The van der Waals surface area contributed by atoms with Crippen LogP contribution in [0.5, 0.6) is 11.5 Å². The number of benzene rings is 1. The van der Waals surface area contributed by atoms with Crippen molar-refractivity contribution in [2.75, 3.05) is 14.2 Å². The Morgan fingerprint density at radius 2 is 1.93 bits per heavy atom. The molecule has 0 aliphatic heterocycles. The number of methoxy groups -OCH3 is 2. The Kier molecular flexibility index (Phi) is 4.39. The molecule has 0 saturated heterocycles. The van der Waals surface area contributed by atoms with E-state index in [1.807, 2.05) is 12.1 Å². The van der Waals surface area contributed by atoms with Gasteiger partial charge in [0.05, 0.1) is 20.8 Å². The first-order chi connectivity index (χ1) is 7.28. The van der Waals surface area contributed by atoms with E-state index in [4.69, 9.17) is 15.4 Å². The van der Waals surface area contributed by atoms with Crippen LogP contribution in [0, 0.1) is 0 Å². The van der Waals surface area contributed by atoms with Crippen LogP contribution in [-0.2, 0) is 17.9 Å². The van der Waals surface area contributed by atoms with Gasteiger partial charge >= 0.3 is 0 Å². The molecule has 0 bridgehead atoms. The topological polar surface area (TPSA) is 53.7 Å². The lowest BCUT2D eigenvalue weighted by atomic mass is 10.0. The van der Waals surface area contributed by atoms with Crippen molar-refractivity contribution < 1.29 is 14.3 Å². The highest BCUT2D eigenvalue weighted by Gasteiger charge is 2.12. The average Bonchev–Trinajstić information content (AvgIpc) is 2.28. The quantitative estimate of drug-likeness (QED) is 0.752. The van der Waals surface area contributed by atoms with Gasteiger partial charge in [0.2, 0.25) is 0 Å². The van der Waals surface area contributed by atoms with Crippen molar-refractivity contribution in [3.63, 3.8) is 0 Å². The summed E-state index contributed by atoms with van der Waals surface area (Å²) in [7, 11) is 3.25. The molecule has 15 heavy (non-hydrogen) atoms. The summed E-state index contributed by atoms with van der Waals surface area (Å²) in [6.45, 7) is 2.43. The fourth-order valence-corrected chi connectivity index (χ4v) is 1.64. The maximum absolute atomic E-state index is 5.32. The third-order valence-electron chi connectivity index (χ3n) is 2.34. The van der Waals surface area contributed by atoms with Gasteiger partial charge in [-0.05, 0) is 18.1 Å².